The molecular weight excluding hydrogens is 496 g/mol. The van der Waals surface area contributed by atoms with Gasteiger partial charge in [-0.25, -0.2) is 4.79 Å². The Morgan fingerprint density at radius 1 is 0.947 bits per heavy atom. The first-order valence-corrected chi connectivity index (χ1v) is 12.9. The zero-order valence-corrected chi connectivity index (χ0v) is 22.6. The zero-order valence-electron chi connectivity index (χ0n) is 22.6. The summed E-state index contributed by atoms with van der Waals surface area (Å²) in [5.41, 5.74) is -3.38. The maximum absolute atomic E-state index is 13.5. The predicted octanol–water partition coefficient (Wildman–Crippen LogP) is 2.59. The monoisotopic (exact) mass is 532 g/mol. The zero-order chi connectivity index (χ0) is 28.0. The second kappa shape index (κ2) is 9.96. The van der Waals surface area contributed by atoms with Crippen molar-refractivity contribution in [2.75, 3.05) is 6.61 Å². The molecule has 0 aromatic heterocycles. The summed E-state index contributed by atoms with van der Waals surface area (Å²) in [5.74, 6) is -3.38. The first kappa shape index (κ1) is 28.0. The third-order valence-corrected chi connectivity index (χ3v) is 8.45. The first-order chi connectivity index (χ1) is 17.7. The Labute approximate surface area is 221 Å². The number of carbonyl (C=O) groups excluding carboxylic acids is 4. The van der Waals surface area contributed by atoms with Crippen molar-refractivity contribution in [3.05, 3.63) is 35.9 Å². The minimum Gasteiger partial charge on any atom is -0.465 e. The second-order valence-electron chi connectivity index (χ2n) is 11.2. The molecule has 1 spiro atoms. The van der Waals surface area contributed by atoms with Crippen LogP contribution in [0.5, 0.6) is 0 Å². The Morgan fingerprint density at radius 3 is 2.16 bits per heavy atom. The van der Waals surface area contributed by atoms with E-state index in [0.29, 0.717) is 6.42 Å². The molecular formula is C28H36O10. The quantitative estimate of drug-likeness (QED) is 0.430. The number of rotatable bonds is 6. The van der Waals surface area contributed by atoms with E-state index in [1.807, 2.05) is 20.8 Å². The lowest BCUT2D eigenvalue weighted by atomic mass is 9.48. The lowest BCUT2D eigenvalue weighted by molar-refractivity contribution is -0.306. The fourth-order valence-corrected chi connectivity index (χ4v) is 7.02. The Bertz CT molecular complexity index is 1100. The van der Waals surface area contributed by atoms with Crippen LogP contribution in [0.1, 0.15) is 64.7 Å². The number of hydrogen-bond donors (Lipinski definition) is 1. The van der Waals surface area contributed by atoms with Gasteiger partial charge in [0.05, 0.1) is 22.9 Å². The molecule has 10 heteroatoms. The van der Waals surface area contributed by atoms with Gasteiger partial charge in [-0.3, -0.25) is 14.4 Å². The molecule has 10 nitrogen and oxygen atoms in total. The molecule has 38 heavy (non-hydrogen) atoms. The number of benzene rings is 1. The smallest absolute Gasteiger partial charge is 0.338 e. The number of aliphatic hydroxyl groups is 1. The molecule has 1 aliphatic heterocycles. The van der Waals surface area contributed by atoms with E-state index in [2.05, 4.69) is 0 Å². The molecule has 208 valence electrons. The number of carbonyl (C=O) groups is 4. The lowest BCUT2D eigenvalue weighted by Crippen LogP contribution is -2.76. The molecule has 0 amide bonds. The standard InChI is InChI=1S/C28H36O10/c1-15-12-21(32)23(36-18(4)31)27(14-34-16(2)29)24(37-25(33)19-10-8-7-9-11-19)22(35-17(3)30)20-13-28(15,27)38-26(20,5)6/h7-11,15,20-24,32H,12-14H2,1-6H3. The van der Waals surface area contributed by atoms with Crippen molar-refractivity contribution >= 4 is 23.9 Å². The van der Waals surface area contributed by atoms with Crippen LogP contribution in [0.2, 0.25) is 0 Å². The van der Waals surface area contributed by atoms with E-state index < -0.39 is 77.4 Å². The molecule has 1 aromatic carbocycles. The van der Waals surface area contributed by atoms with E-state index in [1.54, 1.807) is 30.3 Å². The topological polar surface area (TPSA) is 135 Å². The minimum atomic E-state index is -1.60. The highest BCUT2D eigenvalue weighted by atomic mass is 16.6. The predicted molar refractivity (Wildman–Crippen MR) is 132 cm³/mol. The summed E-state index contributed by atoms with van der Waals surface area (Å²) < 4.78 is 30.2. The summed E-state index contributed by atoms with van der Waals surface area (Å²) in [4.78, 5) is 50.4. The Hall–Kier alpha value is -2.98. The minimum absolute atomic E-state index is 0.222. The molecule has 1 aromatic rings. The third-order valence-electron chi connectivity index (χ3n) is 8.45. The van der Waals surface area contributed by atoms with Gasteiger partial charge in [0.25, 0.3) is 0 Å². The van der Waals surface area contributed by atoms with Crippen LogP contribution in [-0.2, 0) is 38.1 Å². The molecule has 4 rings (SSSR count). The fraction of sp³-hybridized carbons (Fsp3) is 0.643. The largest absolute Gasteiger partial charge is 0.465 e. The normalized spacial score (nSPS) is 36.9. The van der Waals surface area contributed by atoms with Gasteiger partial charge in [-0.2, -0.15) is 0 Å². The van der Waals surface area contributed by atoms with Crippen LogP contribution < -0.4 is 0 Å². The third kappa shape index (κ3) is 4.47. The van der Waals surface area contributed by atoms with Crippen LogP contribution in [0.15, 0.2) is 30.3 Å². The Balaban J connectivity index is 1.99. The maximum Gasteiger partial charge on any atom is 0.338 e. The molecule has 1 N–H and O–H groups in total. The van der Waals surface area contributed by atoms with E-state index in [1.165, 1.54) is 20.8 Å². The van der Waals surface area contributed by atoms with Crippen LogP contribution >= 0.6 is 0 Å². The molecule has 2 saturated carbocycles. The van der Waals surface area contributed by atoms with Crippen molar-refractivity contribution < 1.29 is 48.0 Å². The molecule has 3 aliphatic rings. The van der Waals surface area contributed by atoms with Gasteiger partial charge in [-0.1, -0.05) is 25.1 Å². The van der Waals surface area contributed by atoms with Gasteiger partial charge >= 0.3 is 23.9 Å². The fourth-order valence-electron chi connectivity index (χ4n) is 7.02. The van der Waals surface area contributed by atoms with Gasteiger partial charge in [0.2, 0.25) is 0 Å². The van der Waals surface area contributed by atoms with Crippen molar-refractivity contribution in [1.29, 1.82) is 0 Å². The van der Waals surface area contributed by atoms with E-state index >= 15 is 0 Å². The number of aliphatic hydroxyl groups excluding tert-OH is 1. The molecule has 0 radical (unpaired) electrons. The summed E-state index contributed by atoms with van der Waals surface area (Å²) in [6.45, 7) is 8.90. The van der Waals surface area contributed by atoms with Crippen molar-refractivity contribution in [1.82, 2.24) is 0 Å². The van der Waals surface area contributed by atoms with Crippen molar-refractivity contribution in [3.8, 4) is 0 Å². The molecule has 2 aliphatic carbocycles. The summed E-state index contributed by atoms with van der Waals surface area (Å²) in [6.07, 6.45) is -4.27. The van der Waals surface area contributed by atoms with Gasteiger partial charge < -0.3 is 28.8 Å². The van der Waals surface area contributed by atoms with Gasteiger partial charge in [0.1, 0.15) is 24.2 Å². The highest BCUT2D eigenvalue weighted by Crippen LogP contribution is 2.67. The van der Waals surface area contributed by atoms with Crippen LogP contribution in [0, 0.1) is 17.3 Å². The van der Waals surface area contributed by atoms with E-state index in [9.17, 15) is 24.3 Å². The first-order valence-electron chi connectivity index (χ1n) is 12.9. The van der Waals surface area contributed by atoms with Crippen LogP contribution in [-0.4, -0.2) is 71.2 Å². The molecule has 8 atom stereocenters. The number of esters is 4. The molecule has 1 saturated heterocycles. The average molecular weight is 533 g/mol. The number of hydrogen-bond acceptors (Lipinski definition) is 10. The van der Waals surface area contributed by atoms with Crippen molar-refractivity contribution in [2.24, 2.45) is 17.3 Å². The number of ether oxygens (including phenoxy) is 5. The second-order valence-corrected chi connectivity index (χ2v) is 11.2. The Kier molecular flexibility index (Phi) is 7.35. The highest BCUT2D eigenvalue weighted by Gasteiger charge is 2.80. The highest BCUT2D eigenvalue weighted by molar-refractivity contribution is 5.89. The van der Waals surface area contributed by atoms with Gasteiger partial charge in [0.15, 0.2) is 6.10 Å². The van der Waals surface area contributed by atoms with Crippen LogP contribution in [0.3, 0.4) is 0 Å². The molecule has 8 unspecified atom stereocenters. The maximum atomic E-state index is 13.5. The summed E-state index contributed by atoms with van der Waals surface area (Å²) >= 11 is 0. The van der Waals surface area contributed by atoms with Crippen molar-refractivity contribution in [3.63, 3.8) is 0 Å². The average Bonchev–Trinajstić information content (AvgIpc) is 3.09. The Morgan fingerprint density at radius 2 is 1.58 bits per heavy atom. The SMILES string of the molecule is CC(=O)OCC12C(OC(C)=O)C(O)CC(C)C13CC(C(OC(C)=O)C2OC(=O)c1ccccc1)C(C)(C)O3. The van der Waals surface area contributed by atoms with Crippen LogP contribution in [0.25, 0.3) is 0 Å². The summed E-state index contributed by atoms with van der Waals surface area (Å²) in [5, 5.41) is 11.3. The van der Waals surface area contributed by atoms with Crippen LogP contribution in [0.4, 0.5) is 0 Å². The number of fused-ring (bicyclic) bond motifs is 1. The van der Waals surface area contributed by atoms with E-state index in [-0.39, 0.29) is 17.9 Å². The van der Waals surface area contributed by atoms with E-state index in [4.69, 9.17) is 23.7 Å². The molecule has 3 fully saturated rings. The van der Waals surface area contributed by atoms with Gasteiger partial charge in [-0.15, -0.1) is 0 Å². The molecule has 1 heterocycles. The summed E-state index contributed by atoms with van der Waals surface area (Å²) in [6, 6.07) is 8.28. The molecule has 2 bridgehead atoms. The van der Waals surface area contributed by atoms with E-state index in [0.717, 1.165) is 0 Å². The van der Waals surface area contributed by atoms with Gasteiger partial charge in [-0.05, 0) is 44.7 Å². The van der Waals surface area contributed by atoms with Gasteiger partial charge in [0, 0.05) is 26.7 Å². The van der Waals surface area contributed by atoms with Crippen molar-refractivity contribution in [2.45, 2.75) is 90.0 Å². The summed E-state index contributed by atoms with van der Waals surface area (Å²) in [7, 11) is 0. The lowest BCUT2D eigenvalue weighted by Gasteiger charge is -2.62.